The molecule has 3 aromatic rings. The molecule has 19 heavy (non-hydrogen) atoms. The van der Waals surface area contributed by atoms with E-state index in [0.717, 1.165) is 12.8 Å². The Labute approximate surface area is 111 Å². The molecule has 0 radical (unpaired) electrons. The summed E-state index contributed by atoms with van der Waals surface area (Å²) in [4.78, 5) is 8.51. The van der Waals surface area contributed by atoms with Crippen LogP contribution in [-0.4, -0.2) is 9.97 Å². The van der Waals surface area contributed by atoms with Gasteiger partial charge in [-0.1, -0.05) is 24.3 Å². The summed E-state index contributed by atoms with van der Waals surface area (Å²) in [5, 5.41) is 0. The first kappa shape index (κ1) is 11.7. The van der Waals surface area contributed by atoms with E-state index in [0.29, 0.717) is 22.8 Å². The van der Waals surface area contributed by atoms with Crippen molar-refractivity contribution in [3.8, 4) is 0 Å². The number of oxazole rings is 1. The Hall–Kier alpha value is -2.36. The van der Waals surface area contributed by atoms with Crippen LogP contribution in [0.25, 0.3) is 11.2 Å². The Morgan fingerprint density at radius 3 is 2.89 bits per heavy atom. The molecule has 0 bridgehead atoms. The topological polar surface area (TPSA) is 64.9 Å². The van der Waals surface area contributed by atoms with Gasteiger partial charge in [0.15, 0.2) is 17.1 Å². The summed E-state index contributed by atoms with van der Waals surface area (Å²) in [6, 6.07) is 10.1. The highest BCUT2D eigenvalue weighted by Gasteiger charge is 2.08. The highest BCUT2D eigenvalue weighted by atomic mass is 16.3. The Bertz CT molecular complexity index is 718. The third-order valence-electron chi connectivity index (χ3n) is 3.18. The van der Waals surface area contributed by atoms with Crippen molar-refractivity contribution in [2.45, 2.75) is 19.8 Å². The summed E-state index contributed by atoms with van der Waals surface area (Å²) in [7, 11) is 0. The first-order valence-corrected chi connectivity index (χ1v) is 6.28. The Morgan fingerprint density at radius 2 is 2.05 bits per heavy atom. The second kappa shape index (κ2) is 4.72. The zero-order valence-corrected chi connectivity index (χ0v) is 10.8. The molecule has 4 heteroatoms. The largest absolute Gasteiger partial charge is 0.439 e. The van der Waals surface area contributed by atoms with E-state index < -0.39 is 0 Å². The highest BCUT2D eigenvalue weighted by molar-refractivity contribution is 5.71. The van der Waals surface area contributed by atoms with Crippen LogP contribution in [0.3, 0.4) is 0 Å². The van der Waals surface area contributed by atoms with Crippen molar-refractivity contribution >= 4 is 16.9 Å². The second-order valence-corrected chi connectivity index (χ2v) is 4.62. The lowest BCUT2D eigenvalue weighted by Gasteiger charge is -2.02. The molecule has 0 spiro atoms. The van der Waals surface area contributed by atoms with Gasteiger partial charge in [-0.25, -0.2) is 4.98 Å². The molecule has 0 saturated heterocycles. The molecule has 1 aromatic carbocycles. The molecule has 2 heterocycles. The molecule has 0 aliphatic rings. The fraction of sp³-hybridized carbons (Fsp3) is 0.200. The van der Waals surface area contributed by atoms with Crippen LogP contribution in [-0.2, 0) is 12.8 Å². The smallest absolute Gasteiger partial charge is 0.198 e. The van der Waals surface area contributed by atoms with Gasteiger partial charge in [-0.15, -0.1) is 0 Å². The molecule has 2 aromatic heterocycles. The number of hydrogen-bond donors (Lipinski definition) is 1. The van der Waals surface area contributed by atoms with Crippen molar-refractivity contribution in [1.29, 1.82) is 0 Å². The number of anilines is 1. The van der Waals surface area contributed by atoms with Gasteiger partial charge < -0.3 is 10.2 Å². The summed E-state index contributed by atoms with van der Waals surface area (Å²) >= 11 is 0. The summed E-state index contributed by atoms with van der Waals surface area (Å²) in [6.45, 7) is 2.11. The van der Waals surface area contributed by atoms with E-state index in [-0.39, 0.29) is 0 Å². The number of benzene rings is 1. The predicted molar refractivity (Wildman–Crippen MR) is 74.8 cm³/mol. The lowest BCUT2D eigenvalue weighted by Crippen LogP contribution is -1.93. The normalized spacial score (nSPS) is 11.0. The van der Waals surface area contributed by atoms with E-state index in [9.17, 15) is 0 Å². The number of aromatic nitrogens is 2. The molecule has 3 rings (SSSR count). The molecule has 0 fully saturated rings. The van der Waals surface area contributed by atoms with Crippen molar-refractivity contribution in [1.82, 2.24) is 9.97 Å². The number of fused-ring (bicyclic) bond motifs is 1. The van der Waals surface area contributed by atoms with Crippen molar-refractivity contribution in [2.24, 2.45) is 0 Å². The minimum Gasteiger partial charge on any atom is -0.439 e. The van der Waals surface area contributed by atoms with E-state index in [1.54, 1.807) is 12.3 Å². The molecule has 0 aliphatic heterocycles. The summed E-state index contributed by atoms with van der Waals surface area (Å²) in [5.41, 5.74) is 10.1. The van der Waals surface area contributed by atoms with E-state index in [4.69, 9.17) is 10.2 Å². The first-order valence-electron chi connectivity index (χ1n) is 6.28. The Balaban J connectivity index is 1.80. The molecule has 0 aliphatic carbocycles. The van der Waals surface area contributed by atoms with Gasteiger partial charge in [0.05, 0.1) is 11.9 Å². The minimum atomic E-state index is 0.592. The van der Waals surface area contributed by atoms with Gasteiger partial charge in [0.2, 0.25) is 0 Å². The average molecular weight is 253 g/mol. The number of pyridine rings is 1. The van der Waals surface area contributed by atoms with Gasteiger partial charge >= 0.3 is 0 Å². The van der Waals surface area contributed by atoms with Crippen LogP contribution < -0.4 is 5.73 Å². The summed E-state index contributed by atoms with van der Waals surface area (Å²) in [6.07, 6.45) is 3.27. The van der Waals surface area contributed by atoms with Gasteiger partial charge in [-0.2, -0.15) is 4.98 Å². The number of nitrogen functional groups attached to an aromatic ring is 1. The molecular formula is C15H15N3O. The molecule has 4 nitrogen and oxygen atoms in total. The zero-order valence-electron chi connectivity index (χ0n) is 10.8. The molecule has 0 atom stereocenters. The molecule has 2 N–H and O–H groups in total. The number of hydrogen-bond acceptors (Lipinski definition) is 4. The zero-order chi connectivity index (χ0) is 13.2. The predicted octanol–water partition coefficient (Wildman–Crippen LogP) is 2.90. The van der Waals surface area contributed by atoms with Crippen LogP contribution in [0.1, 0.15) is 17.0 Å². The van der Waals surface area contributed by atoms with Crippen molar-refractivity contribution in [3.05, 3.63) is 53.5 Å². The van der Waals surface area contributed by atoms with Crippen LogP contribution in [0.2, 0.25) is 0 Å². The first-order chi connectivity index (χ1) is 9.22. The molecular weight excluding hydrogens is 238 g/mol. The van der Waals surface area contributed by atoms with E-state index in [2.05, 4.69) is 35.1 Å². The molecule has 0 amide bonds. The van der Waals surface area contributed by atoms with Crippen molar-refractivity contribution in [2.75, 3.05) is 5.73 Å². The van der Waals surface area contributed by atoms with Crippen molar-refractivity contribution < 1.29 is 4.42 Å². The Morgan fingerprint density at radius 1 is 1.21 bits per heavy atom. The van der Waals surface area contributed by atoms with E-state index in [1.165, 1.54) is 11.1 Å². The SMILES string of the molecule is Cc1ccccc1CCc1nc2ncc(N)cc2o1. The summed E-state index contributed by atoms with van der Waals surface area (Å²) in [5.74, 6) is 0.705. The number of nitrogens with two attached hydrogens (primary N) is 1. The third kappa shape index (κ3) is 2.42. The Kier molecular flexibility index (Phi) is 2.91. The molecule has 96 valence electrons. The standard InChI is InChI=1S/C15H15N3O/c1-10-4-2-3-5-11(10)6-7-14-18-15-13(19-14)8-12(16)9-17-15/h2-5,8-9H,6-7,16H2,1H3. The number of nitrogens with zero attached hydrogens (tertiary/aromatic N) is 2. The lowest BCUT2D eigenvalue weighted by molar-refractivity contribution is 0.528. The fourth-order valence-electron chi connectivity index (χ4n) is 2.12. The fourth-order valence-corrected chi connectivity index (χ4v) is 2.12. The minimum absolute atomic E-state index is 0.592. The molecule has 0 unspecified atom stereocenters. The summed E-state index contributed by atoms with van der Waals surface area (Å²) < 4.78 is 5.66. The van der Waals surface area contributed by atoms with E-state index in [1.807, 2.05) is 6.07 Å². The third-order valence-corrected chi connectivity index (χ3v) is 3.18. The number of rotatable bonds is 3. The van der Waals surface area contributed by atoms with Gasteiger partial charge in [0.25, 0.3) is 0 Å². The van der Waals surface area contributed by atoms with Crippen LogP contribution in [0.15, 0.2) is 40.9 Å². The van der Waals surface area contributed by atoms with E-state index >= 15 is 0 Å². The highest BCUT2D eigenvalue weighted by Crippen LogP contribution is 2.17. The van der Waals surface area contributed by atoms with Crippen molar-refractivity contribution in [3.63, 3.8) is 0 Å². The average Bonchev–Trinajstić information content (AvgIpc) is 2.79. The molecule has 0 saturated carbocycles. The quantitative estimate of drug-likeness (QED) is 0.779. The maximum Gasteiger partial charge on any atom is 0.198 e. The van der Waals surface area contributed by atoms with Gasteiger partial charge in [0, 0.05) is 12.5 Å². The maximum atomic E-state index is 5.67. The van der Waals surface area contributed by atoms with Crippen LogP contribution in [0.4, 0.5) is 5.69 Å². The number of aryl methyl sites for hydroxylation is 3. The van der Waals surface area contributed by atoms with Gasteiger partial charge in [0.1, 0.15) is 0 Å². The van der Waals surface area contributed by atoms with Gasteiger partial charge in [-0.3, -0.25) is 0 Å². The van der Waals surface area contributed by atoms with Crippen LogP contribution in [0.5, 0.6) is 0 Å². The van der Waals surface area contributed by atoms with Crippen LogP contribution in [0, 0.1) is 6.92 Å². The lowest BCUT2D eigenvalue weighted by atomic mass is 10.0. The monoisotopic (exact) mass is 253 g/mol. The maximum absolute atomic E-state index is 5.67. The second-order valence-electron chi connectivity index (χ2n) is 4.62. The van der Waals surface area contributed by atoms with Crippen LogP contribution >= 0.6 is 0 Å². The van der Waals surface area contributed by atoms with Gasteiger partial charge in [-0.05, 0) is 24.5 Å².